The Morgan fingerprint density at radius 2 is 1.91 bits per heavy atom. The highest BCUT2D eigenvalue weighted by Crippen LogP contribution is 2.13. The molecule has 1 N–H and O–H groups in total. The molecule has 0 saturated heterocycles. The fourth-order valence-electron chi connectivity index (χ4n) is 2.02. The van der Waals surface area contributed by atoms with Crippen molar-refractivity contribution in [1.82, 2.24) is 14.1 Å². The van der Waals surface area contributed by atoms with E-state index in [2.05, 4.69) is 10.3 Å². The molecule has 110 valence electrons. The summed E-state index contributed by atoms with van der Waals surface area (Å²) in [7, 11) is 1.64. The standard InChI is InChI=1S/C16H14N4O2/c1-19-8-6-12(10-15(19)21)16(22)18-13-2-4-14(5-3-13)20-9-7-17-11-20/h2-11H,1H3,(H,18,22). The Kier molecular flexibility index (Phi) is 3.57. The molecule has 22 heavy (non-hydrogen) atoms. The fraction of sp³-hybridized carbons (Fsp3) is 0.0625. The molecule has 0 unspecified atom stereocenters. The van der Waals surface area contributed by atoms with Gasteiger partial charge in [0.15, 0.2) is 0 Å². The smallest absolute Gasteiger partial charge is 0.255 e. The summed E-state index contributed by atoms with van der Waals surface area (Å²) >= 11 is 0. The molecule has 0 aliphatic rings. The van der Waals surface area contributed by atoms with Gasteiger partial charge in [0, 0.05) is 48.6 Å². The fourth-order valence-corrected chi connectivity index (χ4v) is 2.02. The maximum Gasteiger partial charge on any atom is 0.255 e. The average Bonchev–Trinajstić information content (AvgIpc) is 3.05. The number of nitrogens with one attached hydrogen (secondary N) is 1. The Bertz CT molecular complexity index is 849. The third kappa shape index (κ3) is 2.80. The zero-order valence-electron chi connectivity index (χ0n) is 11.9. The molecule has 6 nitrogen and oxygen atoms in total. The number of nitrogens with zero attached hydrogens (tertiary/aromatic N) is 3. The lowest BCUT2D eigenvalue weighted by Crippen LogP contribution is -2.19. The van der Waals surface area contributed by atoms with Crippen molar-refractivity contribution in [1.29, 1.82) is 0 Å². The molecule has 6 heteroatoms. The van der Waals surface area contributed by atoms with Crippen molar-refractivity contribution in [3.8, 4) is 5.69 Å². The molecular weight excluding hydrogens is 280 g/mol. The number of amides is 1. The predicted molar refractivity (Wildman–Crippen MR) is 83.2 cm³/mol. The maximum atomic E-state index is 12.1. The number of carbonyl (C=O) groups excluding carboxylic acids is 1. The van der Waals surface area contributed by atoms with Crippen molar-refractivity contribution in [2.75, 3.05) is 5.32 Å². The molecule has 2 heterocycles. The average molecular weight is 294 g/mol. The van der Waals surface area contributed by atoms with Crippen molar-refractivity contribution in [3.63, 3.8) is 0 Å². The number of anilines is 1. The van der Waals surface area contributed by atoms with Crippen LogP contribution in [0.15, 0.2) is 66.1 Å². The largest absolute Gasteiger partial charge is 0.322 e. The monoisotopic (exact) mass is 294 g/mol. The highest BCUT2D eigenvalue weighted by atomic mass is 16.2. The number of imidazole rings is 1. The van der Waals surface area contributed by atoms with E-state index >= 15 is 0 Å². The molecular formula is C16H14N4O2. The van der Waals surface area contributed by atoms with Gasteiger partial charge in [0.2, 0.25) is 0 Å². The molecule has 2 aromatic heterocycles. The molecule has 1 aromatic carbocycles. The van der Waals surface area contributed by atoms with E-state index in [1.807, 2.05) is 22.9 Å². The Morgan fingerprint density at radius 1 is 1.14 bits per heavy atom. The molecule has 0 aliphatic heterocycles. The number of aryl methyl sites for hydroxylation is 1. The van der Waals surface area contributed by atoms with E-state index in [-0.39, 0.29) is 11.5 Å². The first-order chi connectivity index (χ1) is 10.6. The van der Waals surface area contributed by atoms with Crippen LogP contribution < -0.4 is 10.9 Å². The van der Waals surface area contributed by atoms with Crippen molar-refractivity contribution in [2.24, 2.45) is 7.05 Å². The van der Waals surface area contributed by atoms with Crippen LogP contribution in [0.2, 0.25) is 0 Å². The van der Waals surface area contributed by atoms with Gasteiger partial charge in [-0.2, -0.15) is 0 Å². The summed E-state index contributed by atoms with van der Waals surface area (Å²) < 4.78 is 3.28. The van der Waals surface area contributed by atoms with E-state index in [1.54, 1.807) is 44.0 Å². The highest BCUT2D eigenvalue weighted by Gasteiger charge is 2.07. The highest BCUT2D eigenvalue weighted by molar-refractivity contribution is 6.04. The van der Waals surface area contributed by atoms with Gasteiger partial charge in [0.1, 0.15) is 0 Å². The first kappa shape index (κ1) is 13.8. The number of benzene rings is 1. The normalized spacial score (nSPS) is 10.4. The van der Waals surface area contributed by atoms with Crippen molar-refractivity contribution in [3.05, 3.63) is 77.2 Å². The Morgan fingerprint density at radius 3 is 2.55 bits per heavy atom. The zero-order valence-corrected chi connectivity index (χ0v) is 11.9. The van der Waals surface area contributed by atoms with E-state index in [1.165, 1.54) is 10.6 Å². The summed E-state index contributed by atoms with van der Waals surface area (Å²) in [5.74, 6) is -0.312. The summed E-state index contributed by atoms with van der Waals surface area (Å²) in [5, 5.41) is 2.77. The van der Waals surface area contributed by atoms with E-state index in [0.29, 0.717) is 11.3 Å². The van der Waals surface area contributed by atoms with Gasteiger partial charge in [-0.3, -0.25) is 9.59 Å². The number of aromatic nitrogens is 3. The van der Waals surface area contributed by atoms with Gasteiger partial charge in [-0.15, -0.1) is 0 Å². The number of carbonyl (C=O) groups is 1. The molecule has 1 amide bonds. The van der Waals surface area contributed by atoms with Gasteiger partial charge in [0.05, 0.1) is 6.33 Å². The molecule has 0 bridgehead atoms. The van der Waals surface area contributed by atoms with E-state index in [4.69, 9.17) is 0 Å². The summed E-state index contributed by atoms with van der Waals surface area (Å²) in [6.45, 7) is 0. The molecule has 0 aliphatic carbocycles. The number of hydrogen-bond donors (Lipinski definition) is 1. The van der Waals surface area contributed by atoms with Crippen LogP contribution >= 0.6 is 0 Å². The zero-order chi connectivity index (χ0) is 15.5. The van der Waals surface area contributed by atoms with Gasteiger partial charge < -0.3 is 14.5 Å². The second-order valence-corrected chi connectivity index (χ2v) is 4.84. The minimum Gasteiger partial charge on any atom is -0.322 e. The SMILES string of the molecule is Cn1ccc(C(=O)Nc2ccc(-n3ccnc3)cc2)cc1=O. The van der Waals surface area contributed by atoms with Crippen LogP contribution in [0.25, 0.3) is 5.69 Å². The first-order valence-corrected chi connectivity index (χ1v) is 6.70. The maximum absolute atomic E-state index is 12.1. The first-order valence-electron chi connectivity index (χ1n) is 6.70. The summed E-state index contributed by atoms with van der Waals surface area (Å²) in [5.41, 5.74) is 1.73. The third-order valence-corrected chi connectivity index (χ3v) is 3.29. The second-order valence-electron chi connectivity index (χ2n) is 4.84. The number of pyridine rings is 1. The van der Waals surface area contributed by atoms with Crippen molar-refractivity contribution in [2.45, 2.75) is 0 Å². The third-order valence-electron chi connectivity index (χ3n) is 3.29. The predicted octanol–water partition coefficient (Wildman–Crippen LogP) is 1.82. The van der Waals surface area contributed by atoms with Crippen LogP contribution in [0.5, 0.6) is 0 Å². The Balaban J connectivity index is 1.76. The summed E-state index contributed by atoms with van der Waals surface area (Å²) in [4.78, 5) is 27.6. The van der Waals surface area contributed by atoms with Crippen LogP contribution in [0.4, 0.5) is 5.69 Å². The van der Waals surface area contributed by atoms with Gasteiger partial charge in [-0.25, -0.2) is 4.98 Å². The van der Waals surface area contributed by atoms with Gasteiger partial charge in [0.25, 0.3) is 11.5 Å². The lowest BCUT2D eigenvalue weighted by molar-refractivity contribution is 0.102. The number of rotatable bonds is 3. The van der Waals surface area contributed by atoms with E-state index in [0.717, 1.165) is 5.69 Å². The molecule has 3 rings (SSSR count). The minimum atomic E-state index is -0.312. The molecule has 0 atom stereocenters. The van der Waals surface area contributed by atoms with Crippen LogP contribution in [0.1, 0.15) is 10.4 Å². The van der Waals surface area contributed by atoms with Gasteiger partial charge in [-0.1, -0.05) is 0 Å². The Hall–Kier alpha value is -3.15. The topological polar surface area (TPSA) is 68.9 Å². The molecule has 0 fully saturated rings. The second kappa shape index (κ2) is 5.69. The molecule has 0 radical (unpaired) electrons. The molecule has 3 aromatic rings. The van der Waals surface area contributed by atoms with Crippen LogP contribution in [-0.4, -0.2) is 20.0 Å². The Labute approximate surface area is 126 Å². The quantitative estimate of drug-likeness (QED) is 0.801. The van der Waals surface area contributed by atoms with Gasteiger partial charge >= 0.3 is 0 Å². The number of hydrogen-bond acceptors (Lipinski definition) is 3. The molecule has 0 spiro atoms. The van der Waals surface area contributed by atoms with Crippen molar-refractivity contribution >= 4 is 11.6 Å². The van der Waals surface area contributed by atoms with E-state index < -0.39 is 0 Å². The molecule has 0 saturated carbocycles. The van der Waals surface area contributed by atoms with Crippen molar-refractivity contribution < 1.29 is 4.79 Å². The van der Waals surface area contributed by atoms with Gasteiger partial charge in [-0.05, 0) is 30.3 Å². The lowest BCUT2D eigenvalue weighted by Gasteiger charge is -2.07. The van der Waals surface area contributed by atoms with E-state index in [9.17, 15) is 9.59 Å². The van der Waals surface area contributed by atoms with Crippen LogP contribution in [0, 0.1) is 0 Å². The summed E-state index contributed by atoms with van der Waals surface area (Å²) in [6, 6.07) is 10.3. The van der Waals surface area contributed by atoms with Crippen LogP contribution in [0.3, 0.4) is 0 Å². The minimum absolute atomic E-state index is 0.219. The lowest BCUT2D eigenvalue weighted by atomic mass is 10.2. The van der Waals surface area contributed by atoms with Crippen LogP contribution in [-0.2, 0) is 7.05 Å². The summed E-state index contributed by atoms with van der Waals surface area (Å²) in [6.07, 6.45) is 6.81.